The van der Waals surface area contributed by atoms with E-state index in [1.54, 1.807) is 44.2 Å². The van der Waals surface area contributed by atoms with Gasteiger partial charge in [-0.05, 0) is 11.5 Å². The molecular weight excluding hydrogens is 315 g/mol. The van der Waals surface area contributed by atoms with Gasteiger partial charge in [-0.2, -0.15) is 13.2 Å². The Morgan fingerprint density at radius 3 is 2.26 bits per heavy atom. The molecule has 128 valence electrons. The molecule has 0 aliphatic heterocycles. The van der Waals surface area contributed by atoms with Crippen molar-refractivity contribution in [2.24, 2.45) is 5.92 Å². The van der Waals surface area contributed by atoms with Crippen LogP contribution in [-0.4, -0.2) is 30.9 Å². The number of hydrogen-bond acceptors (Lipinski definition) is 4. The van der Waals surface area contributed by atoms with Crippen molar-refractivity contribution >= 4 is 12.1 Å². The molecule has 1 rings (SSSR count). The van der Waals surface area contributed by atoms with Gasteiger partial charge in [0.1, 0.15) is 12.6 Å². The molecule has 1 aromatic rings. The molecule has 0 spiro atoms. The van der Waals surface area contributed by atoms with Gasteiger partial charge in [0.05, 0.1) is 0 Å². The maximum atomic E-state index is 12.1. The maximum Gasteiger partial charge on any atom is 0.422 e. The Kier molecular flexibility index (Phi) is 6.87. The third-order valence-corrected chi connectivity index (χ3v) is 2.78. The molecule has 0 saturated carbocycles. The Hall–Kier alpha value is -2.25. The van der Waals surface area contributed by atoms with Gasteiger partial charge in [0.25, 0.3) is 0 Å². The second kappa shape index (κ2) is 8.40. The van der Waals surface area contributed by atoms with Gasteiger partial charge in [0, 0.05) is 0 Å². The molecule has 5 nitrogen and oxygen atoms in total. The van der Waals surface area contributed by atoms with Crippen LogP contribution in [0.2, 0.25) is 0 Å². The molecule has 0 bridgehead atoms. The minimum atomic E-state index is -4.62. The molecule has 1 amide bonds. The second-order valence-electron chi connectivity index (χ2n) is 5.15. The zero-order valence-electron chi connectivity index (χ0n) is 12.7. The monoisotopic (exact) mass is 333 g/mol. The number of esters is 1. The number of ether oxygens (including phenoxy) is 2. The van der Waals surface area contributed by atoms with Crippen LogP contribution in [0, 0.1) is 5.92 Å². The Morgan fingerprint density at radius 1 is 1.13 bits per heavy atom. The van der Waals surface area contributed by atoms with Crippen LogP contribution >= 0.6 is 0 Å². The number of alkyl halides is 3. The van der Waals surface area contributed by atoms with Crippen LogP contribution in [0.1, 0.15) is 19.4 Å². The van der Waals surface area contributed by atoms with E-state index in [4.69, 9.17) is 4.74 Å². The van der Waals surface area contributed by atoms with Gasteiger partial charge in [-0.15, -0.1) is 0 Å². The molecule has 1 atom stereocenters. The first-order valence-corrected chi connectivity index (χ1v) is 6.89. The lowest BCUT2D eigenvalue weighted by atomic mass is 10.1. The third-order valence-electron chi connectivity index (χ3n) is 2.78. The Morgan fingerprint density at radius 2 is 1.74 bits per heavy atom. The summed E-state index contributed by atoms with van der Waals surface area (Å²) < 4.78 is 45.3. The zero-order chi connectivity index (χ0) is 17.5. The summed E-state index contributed by atoms with van der Waals surface area (Å²) in [5, 5.41) is 2.22. The number of carbonyl (C=O) groups excluding carboxylic acids is 2. The normalized spacial score (nSPS) is 12.6. The van der Waals surface area contributed by atoms with Crippen LogP contribution in [-0.2, 0) is 20.9 Å². The molecule has 1 N–H and O–H groups in total. The summed E-state index contributed by atoms with van der Waals surface area (Å²) in [4.78, 5) is 23.3. The van der Waals surface area contributed by atoms with E-state index >= 15 is 0 Å². The number of benzene rings is 1. The van der Waals surface area contributed by atoms with E-state index in [0.717, 1.165) is 5.56 Å². The van der Waals surface area contributed by atoms with Crippen LogP contribution in [0.25, 0.3) is 0 Å². The molecule has 0 heterocycles. The Bertz CT molecular complexity index is 517. The minimum Gasteiger partial charge on any atom is -0.454 e. The number of rotatable bonds is 6. The Balaban J connectivity index is 2.51. The standard InChI is InChI=1S/C15H18F3NO4/c1-10(2)12(13(20)23-9-15(16,17)18)19-14(21)22-8-11-6-4-3-5-7-11/h3-7,10,12H,8-9H2,1-2H3,(H,19,21). The van der Waals surface area contributed by atoms with Crippen molar-refractivity contribution in [1.82, 2.24) is 5.32 Å². The van der Waals surface area contributed by atoms with Crippen molar-refractivity contribution in [3.05, 3.63) is 35.9 Å². The molecule has 0 aliphatic carbocycles. The smallest absolute Gasteiger partial charge is 0.422 e. The first kappa shape index (κ1) is 18.8. The van der Waals surface area contributed by atoms with E-state index < -0.39 is 36.8 Å². The zero-order valence-corrected chi connectivity index (χ0v) is 12.7. The van der Waals surface area contributed by atoms with Gasteiger partial charge < -0.3 is 14.8 Å². The van der Waals surface area contributed by atoms with Gasteiger partial charge in [-0.3, -0.25) is 0 Å². The van der Waals surface area contributed by atoms with Crippen LogP contribution < -0.4 is 5.32 Å². The third kappa shape index (κ3) is 7.53. The van der Waals surface area contributed by atoms with Crippen LogP contribution in [0.4, 0.5) is 18.0 Å². The van der Waals surface area contributed by atoms with E-state index in [1.807, 2.05) is 0 Å². The highest BCUT2D eigenvalue weighted by molar-refractivity contribution is 5.81. The Labute approximate surface area is 131 Å². The van der Waals surface area contributed by atoms with Gasteiger partial charge in [0.2, 0.25) is 0 Å². The maximum absolute atomic E-state index is 12.1. The summed E-state index contributed by atoms with van der Waals surface area (Å²) in [5.41, 5.74) is 0.739. The number of halogens is 3. The average molecular weight is 333 g/mol. The van der Waals surface area contributed by atoms with Crippen molar-refractivity contribution in [2.75, 3.05) is 6.61 Å². The first-order chi connectivity index (χ1) is 10.7. The van der Waals surface area contributed by atoms with Gasteiger partial charge in [0.15, 0.2) is 6.61 Å². The van der Waals surface area contributed by atoms with Crippen molar-refractivity contribution in [3.63, 3.8) is 0 Å². The fourth-order valence-corrected chi connectivity index (χ4v) is 1.63. The lowest BCUT2D eigenvalue weighted by Gasteiger charge is -2.21. The van der Waals surface area contributed by atoms with Crippen LogP contribution in [0.5, 0.6) is 0 Å². The predicted molar refractivity (Wildman–Crippen MR) is 75.4 cm³/mol. The summed E-state index contributed by atoms with van der Waals surface area (Å²) in [6.07, 6.45) is -5.53. The number of hydrogen-bond donors (Lipinski definition) is 1. The number of nitrogens with one attached hydrogen (secondary N) is 1. The van der Waals surface area contributed by atoms with Crippen molar-refractivity contribution in [2.45, 2.75) is 32.7 Å². The lowest BCUT2D eigenvalue weighted by molar-refractivity contribution is -0.188. The van der Waals surface area contributed by atoms with Crippen molar-refractivity contribution in [1.29, 1.82) is 0 Å². The predicted octanol–water partition coefficient (Wildman–Crippen LogP) is 3.04. The molecule has 8 heteroatoms. The summed E-state index contributed by atoms with van der Waals surface area (Å²) in [6, 6.07) is 7.59. The van der Waals surface area contributed by atoms with Gasteiger partial charge in [-0.25, -0.2) is 9.59 Å². The molecular formula is C15H18F3NO4. The molecule has 0 aromatic heterocycles. The summed E-state index contributed by atoms with van der Waals surface area (Å²) in [7, 11) is 0. The molecule has 0 saturated heterocycles. The number of alkyl carbamates (subject to hydrolysis) is 1. The molecule has 1 aromatic carbocycles. The fraction of sp³-hybridized carbons (Fsp3) is 0.467. The quantitative estimate of drug-likeness (QED) is 0.813. The topological polar surface area (TPSA) is 64.6 Å². The van der Waals surface area contributed by atoms with E-state index in [0.29, 0.717) is 0 Å². The highest BCUT2D eigenvalue weighted by Gasteiger charge is 2.33. The van der Waals surface area contributed by atoms with Gasteiger partial charge in [-0.1, -0.05) is 44.2 Å². The summed E-state index contributed by atoms with van der Waals surface area (Å²) >= 11 is 0. The van der Waals surface area contributed by atoms with E-state index in [1.165, 1.54) is 0 Å². The second-order valence-corrected chi connectivity index (χ2v) is 5.15. The first-order valence-electron chi connectivity index (χ1n) is 6.89. The summed E-state index contributed by atoms with van der Waals surface area (Å²) in [6.45, 7) is 1.42. The molecule has 0 fully saturated rings. The van der Waals surface area contributed by atoms with Crippen molar-refractivity contribution in [3.8, 4) is 0 Å². The average Bonchev–Trinajstić information content (AvgIpc) is 2.48. The highest BCUT2D eigenvalue weighted by Crippen LogP contribution is 2.15. The summed E-state index contributed by atoms with van der Waals surface area (Å²) in [5.74, 6) is -1.62. The fourth-order valence-electron chi connectivity index (χ4n) is 1.63. The van der Waals surface area contributed by atoms with Gasteiger partial charge >= 0.3 is 18.2 Å². The van der Waals surface area contributed by atoms with Crippen LogP contribution in [0.15, 0.2) is 30.3 Å². The van der Waals surface area contributed by atoms with Crippen LogP contribution in [0.3, 0.4) is 0 Å². The largest absolute Gasteiger partial charge is 0.454 e. The lowest BCUT2D eigenvalue weighted by Crippen LogP contribution is -2.46. The van der Waals surface area contributed by atoms with E-state index in [9.17, 15) is 22.8 Å². The number of amides is 1. The SMILES string of the molecule is CC(C)C(NC(=O)OCc1ccccc1)C(=O)OCC(F)(F)F. The minimum absolute atomic E-state index is 0.0188. The highest BCUT2D eigenvalue weighted by atomic mass is 19.4. The van der Waals surface area contributed by atoms with E-state index in [2.05, 4.69) is 10.1 Å². The molecule has 23 heavy (non-hydrogen) atoms. The molecule has 0 aliphatic rings. The molecule has 0 radical (unpaired) electrons. The van der Waals surface area contributed by atoms with E-state index in [-0.39, 0.29) is 6.61 Å². The van der Waals surface area contributed by atoms with Crippen molar-refractivity contribution < 1.29 is 32.2 Å². The number of carbonyl (C=O) groups is 2. The molecule has 1 unspecified atom stereocenters.